The van der Waals surface area contributed by atoms with Gasteiger partial charge >= 0.3 is 0 Å². The molecule has 19 heavy (non-hydrogen) atoms. The lowest BCUT2D eigenvalue weighted by Gasteiger charge is -2.24. The van der Waals surface area contributed by atoms with Crippen LogP contribution in [0.2, 0.25) is 0 Å². The van der Waals surface area contributed by atoms with Crippen molar-refractivity contribution in [1.82, 2.24) is 10.2 Å². The minimum absolute atomic E-state index is 0.259. The van der Waals surface area contributed by atoms with Crippen molar-refractivity contribution in [2.75, 3.05) is 6.54 Å². The molecule has 1 aliphatic carbocycles. The number of benzene rings is 1. The third-order valence-corrected chi connectivity index (χ3v) is 4.67. The zero-order valence-corrected chi connectivity index (χ0v) is 11.2. The number of nitrogens with one attached hydrogen (secondary N) is 1. The van der Waals surface area contributed by atoms with Crippen LogP contribution in [0.25, 0.3) is 0 Å². The van der Waals surface area contributed by atoms with Crippen molar-refractivity contribution in [3.05, 3.63) is 34.9 Å². The Balaban J connectivity index is 1.62. The number of amides is 1. The van der Waals surface area contributed by atoms with Gasteiger partial charge in [0.25, 0.3) is 5.91 Å². The molecule has 2 fully saturated rings. The number of hydrogen-bond acceptors (Lipinski definition) is 2. The van der Waals surface area contributed by atoms with E-state index in [9.17, 15) is 4.79 Å². The van der Waals surface area contributed by atoms with E-state index in [1.165, 1.54) is 43.2 Å². The summed E-state index contributed by atoms with van der Waals surface area (Å²) < 4.78 is 0. The predicted octanol–water partition coefficient (Wildman–Crippen LogP) is 2.62. The first-order valence-electron chi connectivity index (χ1n) is 7.50. The van der Waals surface area contributed by atoms with Gasteiger partial charge in [-0.25, -0.2) is 0 Å². The molecular formula is C16H20N2O. The molecule has 1 unspecified atom stereocenters. The zero-order chi connectivity index (χ0) is 12.8. The summed E-state index contributed by atoms with van der Waals surface area (Å²) in [6.07, 6.45) is 6.14. The number of carbonyl (C=O) groups is 1. The molecule has 1 aromatic rings. The van der Waals surface area contributed by atoms with Gasteiger partial charge in [-0.05, 0) is 49.4 Å². The molecule has 1 N–H and O–H groups in total. The van der Waals surface area contributed by atoms with E-state index in [0.29, 0.717) is 12.1 Å². The molecular weight excluding hydrogens is 236 g/mol. The van der Waals surface area contributed by atoms with E-state index in [2.05, 4.69) is 28.4 Å². The second-order valence-electron chi connectivity index (χ2n) is 6.08. The lowest BCUT2D eigenvalue weighted by molar-refractivity contribution is 0.0766. The van der Waals surface area contributed by atoms with Crippen molar-refractivity contribution < 1.29 is 4.79 Å². The molecule has 1 atom stereocenters. The molecule has 1 saturated heterocycles. The van der Waals surface area contributed by atoms with Gasteiger partial charge in [-0.2, -0.15) is 0 Å². The molecule has 2 heterocycles. The Bertz CT molecular complexity index is 515. The average Bonchev–Trinajstić information content (AvgIpc) is 3.25. The normalized spacial score (nSPS) is 26.6. The quantitative estimate of drug-likeness (QED) is 0.882. The van der Waals surface area contributed by atoms with Gasteiger partial charge in [0.15, 0.2) is 0 Å². The second kappa shape index (κ2) is 4.34. The van der Waals surface area contributed by atoms with E-state index in [-0.39, 0.29) is 5.91 Å². The van der Waals surface area contributed by atoms with E-state index < -0.39 is 0 Å². The van der Waals surface area contributed by atoms with Crippen LogP contribution in [-0.2, 0) is 6.54 Å². The SMILES string of the molecule is O=C1c2cc(C3CCCCN3)ccc2CN1C1CC1. The van der Waals surface area contributed by atoms with Crippen molar-refractivity contribution in [1.29, 1.82) is 0 Å². The van der Waals surface area contributed by atoms with E-state index >= 15 is 0 Å². The molecule has 0 radical (unpaired) electrons. The Hall–Kier alpha value is -1.35. The fourth-order valence-electron chi connectivity index (χ4n) is 3.38. The number of fused-ring (bicyclic) bond motifs is 1. The highest BCUT2D eigenvalue weighted by molar-refractivity contribution is 5.98. The summed E-state index contributed by atoms with van der Waals surface area (Å²) in [6, 6.07) is 7.49. The molecule has 3 nitrogen and oxygen atoms in total. The molecule has 100 valence electrons. The summed E-state index contributed by atoms with van der Waals surface area (Å²) in [6.45, 7) is 1.93. The molecule has 1 aromatic carbocycles. The van der Waals surface area contributed by atoms with Crippen molar-refractivity contribution in [3.63, 3.8) is 0 Å². The molecule has 1 saturated carbocycles. The minimum atomic E-state index is 0.259. The van der Waals surface area contributed by atoms with Gasteiger partial charge in [0.05, 0.1) is 0 Å². The number of piperidine rings is 1. The summed E-state index contributed by atoms with van der Waals surface area (Å²) in [7, 11) is 0. The number of nitrogens with zero attached hydrogens (tertiary/aromatic N) is 1. The number of hydrogen-bond donors (Lipinski definition) is 1. The Kier molecular flexibility index (Phi) is 2.62. The maximum Gasteiger partial charge on any atom is 0.254 e. The molecule has 3 aliphatic rings. The van der Waals surface area contributed by atoms with Crippen molar-refractivity contribution in [2.45, 2.75) is 50.7 Å². The Morgan fingerprint density at radius 1 is 1.16 bits per heavy atom. The maximum atomic E-state index is 12.4. The molecule has 0 spiro atoms. The molecule has 2 aliphatic heterocycles. The predicted molar refractivity (Wildman–Crippen MR) is 73.9 cm³/mol. The molecule has 0 bridgehead atoms. The third kappa shape index (κ3) is 1.96. The molecule has 1 amide bonds. The lowest BCUT2D eigenvalue weighted by Crippen LogP contribution is -2.27. The largest absolute Gasteiger partial charge is 0.331 e. The van der Waals surface area contributed by atoms with Gasteiger partial charge in [0, 0.05) is 24.2 Å². The summed E-state index contributed by atoms with van der Waals surface area (Å²) in [5.74, 6) is 0.259. The van der Waals surface area contributed by atoms with E-state index in [0.717, 1.165) is 18.7 Å². The first-order chi connectivity index (χ1) is 9.33. The van der Waals surface area contributed by atoms with Gasteiger partial charge in [-0.3, -0.25) is 4.79 Å². The van der Waals surface area contributed by atoms with Crippen LogP contribution in [0.1, 0.15) is 59.6 Å². The maximum absolute atomic E-state index is 12.4. The van der Waals surface area contributed by atoms with Gasteiger partial charge in [0.1, 0.15) is 0 Å². The van der Waals surface area contributed by atoms with Crippen LogP contribution in [-0.4, -0.2) is 23.4 Å². The monoisotopic (exact) mass is 256 g/mol. The Morgan fingerprint density at radius 3 is 2.79 bits per heavy atom. The Morgan fingerprint density at radius 2 is 2.05 bits per heavy atom. The topological polar surface area (TPSA) is 32.3 Å². The fourth-order valence-corrected chi connectivity index (χ4v) is 3.38. The van der Waals surface area contributed by atoms with Gasteiger partial charge in [-0.15, -0.1) is 0 Å². The second-order valence-corrected chi connectivity index (χ2v) is 6.08. The lowest BCUT2D eigenvalue weighted by atomic mass is 9.95. The van der Waals surface area contributed by atoms with Crippen LogP contribution in [0.5, 0.6) is 0 Å². The van der Waals surface area contributed by atoms with Crippen LogP contribution >= 0.6 is 0 Å². The molecule has 4 rings (SSSR count). The van der Waals surface area contributed by atoms with Crippen LogP contribution in [0.3, 0.4) is 0 Å². The first kappa shape index (κ1) is 11.5. The number of rotatable bonds is 2. The third-order valence-electron chi connectivity index (χ3n) is 4.67. The molecule has 3 heteroatoms. The summed E-state index contributed by atoms with van der Waals surface area (Å²) in [5.41, 5.74) is 3.47. The van der Waals surface area contributed by atoms with Crippen LogP contribution < -0.4 is 5.32 Å². The van der Waals surface area contributed by atoms with Gasteiger partial charge < -0.3 is 10.2 Å². The van der Waals surface area contributed by atoms with Crippen molar-refractivity contribution in [2.24, 2.45) is 0 Å². The highest BCUT2D eigenvalue weighted by Gasteiger charge is 2.38. The summed E-state index contributed by atoms with van der Waals surface area (Å²) >= 11 is 0. The fraction of sp³-hybridized carbons (Fsp3) is 0.562. The van der Waals surface area contributed by atoms with Gasteiger partial charge in [-0.1, -0.05) is 18.6 Å². The highest BCUT2D eigenvalue weighted by Crippen LogP contribution is 2.36. The first-order valence-corrected chi connectivity index (χ1v) is 7.50. The standard InChI is InChI=1S/C16H20N2O/c19-16-14-9-11(15-3-1-2-8-17-15)4-5-12(14)10-18(16)13-6-7-13/h4-5,9,13,15,17H,1-3,6-8,10H2. The van der Waals surface area contributed by atoms with Crippen LogP contribution in [0, 0.1) is 0 Å². The van der Waals surface area contributed by atoms with E-state index in [1.54, 1.807) is 0 Å². The smallest absolute Gasteiger partial charge is 0.254 e. The zero-order valence-electron chi connectivity index (χ0n) is 11.2. The average molecular weight is 256 g/mol. The summed E-state index contributed by atoms with van der Waals surface area (Å²) in [4.78, 5) is 14.5. The van der Waals surface area contributed by atoms with E-state index in [1.807, 2.05) is 0 Å². The Labute approximate surface area is 114 Å². The highest BCUT2D eigenvalue weighted by atomic mass is 16.2. The van der Waals surface area contributed by atoms with Crippen molar-refractivity contribution >= 4 is 5.91 Å². The van der Waals surface area contributed by atoms with Crippen LogP contribution in [0.4, 0.5) is 0 Å². The summed E-state index contributed by atoms with van der Waals surface area (Å²) in [5, 5.41) is 3.56. The number of carbonyl (C=O) groups excluding carboxylic acids is 1. The van der Waals surface area contributed by atoms with Gasteiger partial charge in [0.2, 0.25) is 0 Å². The molecule has 0 aromatic heterocycles. The van der Waals surface area contributed by atoms with E-state index in [4.69, 9.17) is 0 Å². The van der Waals surface area contributed by atoms with Crippen LogP contribution in [0.15, 0.2) is 18.2 Å². The van der Waals surface area contributed by atoms with Crippen molar-refractivity contribution in [3.8, 4) is 0 Å². The minimum Gasteiger partial charge on any atom is -0.331 e.